The number of carbonyl (C=O) groups is 3. The monoisotopic (exact) mass is 399 g/mol. The lowest BCUT2D eigenvalue weighted by atomic mass is 10.1. The Hall–Kier alpha value is -2.86. The third-order valence-corrected chi connectivity index (χ3v) is 5.05. The standard InChI is InChI=1S/C21H22ClN3O3/c1-13-4-3-5-14(2)20(13)24-18(26)11-23-21(28)15-10-19(27)25(12-15)17-8-6-16(22)7-9-17/h3-9,15H,10-12H2,1-2H3,(H,23,28)(H,24,26)/t15-/m0/s1. The van der Waals surface area contributed by atoms with Crippen LogP contribution in [-0.4, -0.2) is 30.8 Å². The van der Waals surface area contributed by atoms with Gasteiger partial charge in [0.1, 0.15) is 0 Å². The summed E-state index contributed by atoms with van der Waals surface area (Å²) in [6, 6.07) is 12.7. The normalized spacial score (nSPS) is 16.2. The highest BCUT2D eigenvalue weighted by atomic mass is 35.5. The SMILES string of the molecule is Cc1cccc(C)c1NC(=O)CNC(=O)[C@H]1CC(=O)N(c2ccc(Cl)cc2)C1. The Kier molecular flexibility index (Phi) is 5.99. The van der Waals surface area contributed by atoms with Crippen LogP contribution in [0.5, 0.6) is 0 Å². The largest absolute Gasteiger partial charge is 0.347 e. The second kappa shape index (κ2) is 8.44. The first kappa shape index (κ1) is 19.9. The first-order valence-corrected chi connectivity index (χ1v) is 9.42. The van der Waals surface area contributed by atoms with Gasteiger partial charge in [0.05, 0.1) is 12.5 Å². The lowest BCUT2D eigenvalue weighted by molar-refractivity contribution is -0.127. The molecule has 1 saturated heterocycles. The van der Waals surface area contributed by atoms with E-state index in [1.165, 1.54) is 0 Å². The summed E-state index contributed by atoms with van der Waals surface area (Å²) in [7, 11) is 0. The summed E-state index contributed by atoms with van der Waals surface area (Å²) in [5.41, 5.74) is 3.38. The summed E-state index contributed by atoms with van der Waals surface area (Å²) in [6.45, 7) is 3.97. The van der Waals surface area contributed by atoms with Gasteiger partial charge in [0.2, 0.25) is 17.7 Å². The topological polar surface area (TPSA) is 78.5 Å². The van der Waals surface area contributed by atoms with Crippen molar-refractivity contribution in [2.75, 3.05) is 23.3 Å². The number of benzene rings is 2. The van der Waals surface area contributed by atoms with Gasteiger partial charge in [-0.15, -0.1) is 0 Å². The van der Waals surface area contributed by atoms with Crippen LogP contribution in [0.15, 0.2) is 42.5 Å². The summed E-state index contributed by atoms with van der Waals surface area (Å²) in [6.07, 6.45) is 0.118. The molecule has 0 aromatic heterocycles. The van der Waals surface area contributed by atoms with Gasteiger partial charge < -0.3 is 15.5 Å². The van der Waals surface area contributed by atoms with Gasteiger partial charge in [-0.2, -0.15) is 0 Å². The first-order valence-electron chi connectivity index (χ1n) is 9.05. The fraction of sp³-hybridized carbons (Fsp3) is 0.286. The summed E-state index contributed by atoms with van der Waals surface area (Å²) in [5.74, 6) is -1.22. The van der Waals surface area contributed by atoms with Gasteiger partial charge in [0.15, 0.2) is 0 Å². The second-order valence-electron chi connectivity index (χ2n) is 6.91. The van der Waals surface area contributed by atoms with Gasteiger partial charge in [-0.3, -0.25) is 14.4 Å². The Morgan fingerprint density at radius 2 is 1.75 bits per heavy atom. The van der Waals surface area contributed by atoms with Gasteiger partial charge >= 0.3 is 0 Å². The lowest BCUT2D eigenvalue weighted by Crippen LogP contribution is -2.38. The van der Waals surface area contributed by atoms with Crippen molar-refractivity contribution in [2.45, 2.75) is 20.3 Å². The number of hydrogen-bond acceptors (Lipinski definition) is 3. The first-order chi connectivity index (χ1) is 13.3. The number of nitrogens with one attached hydrogen (secondary N) is 2. The van der Waals surface area contributed by atoms with E-state index in [1.54, 1.807) is 29.2 Å². The molecule has 0 saturated carbocycles. The van der Waals surface area contributed by atoms with E-state index in [0.29, 0.717) is 10.7 Å². The maximum Gasteiger partial charge on any atom is 0.243 e. The molecule has 3 rings (SSSR count). The quantitative estimate of drug-likeness (QED) is 0.811. The number of anilines is 2. The number of amides is 3. The van der Waals surface area contributed by atoms with Gasteiger partial charge in [-0.05, 0) is 49.2 Å². The molecular weight excluding hydrogens is 378 g/mol. The molecule has 0 radical (unpaired) electrons. The second-order valence-corrected chi connectivity index (χ2v) is 7.35. The Labute approximate surface area is 168 Å². The minimum Gasteiger partial charge on any atom is -0.347 e. The molecule has 1 fully saturated rings. The number of rotatable bonds is 5. The van der Waals surface area contributed by atoms with Crippen LogP contribution in [0.25, 0.3) is 0 Å². The lowest BCUT2D eigenvalue weighted by Gasteiger charge is -2.17. The molecule has 1 aliphatic rings. The smallest absolute Gasteiger partial charge is 0.243 e. The molecule has 7 heteroatoms. The molecule has 146 valence electrons. The van der Waals surface area contributed by atoms with Crippen molar-refractivity contribution in [1.82, 2.24) is 5.32 Å². The van der Waals surface area contributed by atoms with Crippen molar-refractivity contribution in [1.29, 1.82) is 0 Å². The average molecular weight is 400 g/mol. The summed E-state index contributed by atoms with van der Waals surface area (Å²) >= 11 is 5.88. The number of nitrogens with zero attached hydrogens (tertiary/aromatic N) is 1. The molecule has 6 nitrogen and oxygen atoms in total. The highest BCUT2D eigenvalue weighted by molar-refractivity contribution is 6.30. The van der Waals surface area contributed by atoms with Crippen molar-refractivity contribution < 1.29 is 14.4 Å². The average Bonchev–Trinajstić information content (AvgIpc) is 3.05. The van der Waals surface area contributed by atoms with Crippen LogP contribution in [0.4, 0.5) is 11.4 Å². The van der Waals surface area contributed by atoms with E-state index in [2.05, 4.69) is 10.6 Å². The van der Waals surface area contributed by atoms with E-state index >= 15 is 0 Å². The molecule has 3 amide bonds. The molecule has 2 aromatic rings. The Balaban J connectivity index is 1.54. The molecule has 0 aliphatic carbocycles. The van der Waals surface area contributed by atoms with E-state index in [-0.39, 0.29) is 37.2 Å². The van der Waals surface area contributed by atoms with Crippen molar-refractivity contribution in [3.63, 3.8) is 0 Å². The fourth-order valence-corrected chi connectivity index (χ4v) is 3.39. The predicted molar refractivity (Wildman–Crippen MR) is 109 cm³/mol. The number of halogens is 1. The zero-order chi connectivity index (χ0) is 20.3. The van der Waals surface area contributed by atoms with Crippen molar-refractivity contribution >= 4 is 40.7 Å². The van der Waals surface area contributed by atoms with E-state index in [0.717, 1.165) is 16.8 Å². The van der Waals surface area contributed by atoms with E-state index < -0.39 is 5.92 Å². The van der Waals surface area contributed by atoms with E-state index in [9.17, 15) is 14.4 Å². The van der Waals surface area contributed by atoms with Crippen molar-refractivity contribution in [2.24, 2.45) is 5.92 Å². The minimum atomic E-state index is -0.490. The Morgan fingerprint density at radius 1 is 1.11 bits per heavy atom. The Bertz CT molecular complexity index is 891. The molecule has 28 heavy (non-hydrogen) atoms. The van der Waals surface area contributed by atoms with Gasteiger partial charge in [-0.25, -0.2) is 0 Å². The maximum atomic E-state index is 12.4. The fourth-order valence-electron chi connectivity index (χ4n) is 3.26. The molecule has 0 unspecified atom stereocenters. The van der Waals surface area contributed by atoms with Crippen LogP contribution in [0.1, 0.15) is 17.5 Å². The number of para-hydroxylation sites is 1. The van der Waals surface area contributed by atoms with Crippen LogP contribution in [0, 0.1) is 19.8 Å². The molecule has 2 N–H and O–H groups in total. The van der Waals surface area contributed by atoms with Crippen LogP contribution < -0.4 is 15.5 Å². The van der Waals surface area contributed by atoms with Crippen LogP contribution in [0.2, 0.25) is 5.02 Å². The van der Waals surface area contributed by atoms with Gasteiger partial charge in [-0.1, -0.05) is 29.8 Å². The van der Waals surface area contributed by atoms with Crippen LogP contribution in [0.3, 0.4) is 0 Å². The molecule has 1 heterocycles. The van der Waals surface area contributed by atoms with Crippen LogP contribution in [-0.2, 0) is 14.4 Å². The number of aryl methyl sites for hydroxylation is 2. The number of carbonyl (C=O) groups excluding carboxylic acids is 3. The third kappa shape index (κ3) is 4.51. The number of hydrogen-bond donors (Lipinski definition) is 2. The highest BCUT2D eigenvalue weighted by Crippen LogP contribution is 2.26. The molecule has 1 aliphatic heterocycles. The third-order valence-electron chi connectivity index (χ3n) is 4.80. The predicted octanol–water partition coefficient (Wildman–Crippen LogP) is 3.06. The maximum absolute atomic E-state index is 12.4. The highest BCUT2D eigenvalue weighted by Gasteiger charge is 2.35. The van der Waals surface area contributed by atoms with E-state index in [4.69, 9.17) is 11.6 Å². The molecular formula is C21H22ClN3O3. The van der Waals surface area contributed by atoms with Gasteiger partial charge in [0, 0.05) is 29.4 Å². The summed E-state index contributed by atoms with van der Waals surface area (Å²) < 4.78 is 0. The van der Waals surface area contributed by atoms with Crippen LogP contribution >= 0.6 is 11.6 Å². The zero-order valence-electron chi connectivity index (χ0n) is 15.8. The van der Waals surface area contributed by atoms with Gasteiger partial charge in [0.25, 0.3) is 0 Å². The van der Waals surface area contributed by atoms with Crippen molar-refractivity contribution in [3.05, 3.63) is 58.6 Å². The Morgan fingerprint density at radius 3 is 2.39 bits per heavy atom. The summed E-state index contributed by atoms with van der Waals surface area (Å²) in [5, 5.41) is 6.05. The molecule has 1 atom stereocenters. The molecule has 0 bridgehead atoms. The van der Waals surface area contributed by atoms with Crippen molar-refractivity contribution in [3.8, 4) is 0 Å². The minimum absolute atomic E-state index is 0.118. The summed E-state index contributed by atoms with van der Waals surface area (Å²) in [4.78, 5) is 38.5. The van der Waals surface area contributed by atoms with E-state index in [1.807, 2.05) is 32.0 Å². The molecule has 2 aromatic carbocycles. The molecule has 0 spiro atoms. The zero-order valence-corrected chi connectivity index (χ0v) is 16.5.